The lowest BCUT2D eigenvalue weighted by Crippen LogP contribution is -2.47. The molecule has 0 spiro atoms. The number of benzene rings is 1. The summed E-state index contributed by atoms with van der Waals surface area (Å²) in [7, 11) is 3.28. The summed E-state index contributed by atoms with van der Waals surface area (Å²) in [5.74, 6) is 0.810. The number of hydrogen-bond acceptors (Lipinski definition) is 4. The van der Waals surface area contributed by atoms with Crippen molar-refractivity contribution in [3.63, 3.8) is 0 Å². The summed E-state index contributed by atoms with van der Waals surface area (Å²) in [4.78, 5) is 25.6. The number of carbonyl (C=O) groups excluding carboxylic acids is 2. The van der Waals surface area contributed by atoms with Crippen molar-refractivity contribution >= 4 is 11.8 Å². The number of methoxy groups -OCH3 is 2. The normalized spacial score (nSPS) is 20.5. The van der Waals surface area contributed by atoms with E-state index in [1.165, 1.54) is 0 Å². The fourth-order valence-corrected chi connectivity index (χ4v) is 3.10. The van der Waals surface area contributed by atoms with E-state index in [0.717, 1.165) is 17.7 Å². The van der Waals surface area contributed by atoms with E-state index < -0.39 is 0 Å². The van der Waals surface area contributed by atoms with Crippen LogP contribution in [-0.4, -0.2) is 50.1 Å². The van der Waals surface area contributed by atoms with Crippen molar-refractivity contribution in [2.75, 3.05) is 27.3 Å². The van der Waals surface area contributed by atoms with Gasteiger partial charge in [-0.1, -0.05) is 12.1 Å². The van der Waals surface area contributed by atoms with Crippen LogP contribution in [0.25, 0.3) is 0 Å². The lowest BCUT2D eigenvalue weighted by atomic mass is 9.91. The highest BCUT2D eigenvalue weighted by Gasteiger charge is 2.31. The molecule has 1 aliphatic heterocycles. The molecule has 0 unspecified atom stereocenters. The van der Waals surface area contributed by atoms with E-state index in [1.54, 1.807) is 26.0 Å². The summed E-state index contributed by atoms with van der Waals surface area (Å²) in [5.41, 5.74) is 0.986. The third-order valence-corrected chi connectivity index (χ3v) is 4.48. The Morgan fingerprint density at radius 2 is 2.12 bits per heavy atom. The van der Waals surface area contributed by atoms with Crippen molar-refractivity contribution in [3.05, 3.63) is 29.8 Å². The second-order valence-electron chi connectivity index (χ2n) is 6.12. The Hall–Kier alpha value is -2.08. The van der Waals surface area contributed by atoms with E-state index in [2.05, 4.69) is 5.32 Å². The summed E-state index contributed by atoms with van der Waals surface area (Å²) in [5, 5.41) is 2.93. The predicted molar refractivity (Wildman–Crippen MR) is 90.6 cm³/mol. The Kier molecular flexibility index (Phi) is 6.61. The van der Waals surface area contributed by atoms with Crippen molar-refractivity contribution in [3.8, 4) is 5.75 Å². The van der Waals surface area contributed by atoms with Crippen molar-refractivity contribution in [2.45, 2.75) is 32.4 Å². The van der Waals surface area contributed by atoms with E-state index in [-0.39, 0.29) is 23.8 Å². The average molecular weight is 334 g/mol. The molecule has 132 valence electrons. The molecule has 24 heavy (non-hydrogen) atoms. The second-order valence-corrected chi connectivity index (χ2v) is 6.12. The Morgan fingerprint density at radius 1 is 1.33 bits per heavy atom. The molecule has 0 aliphatic carbocycles. The third kappa shape index (κ3) is 4.96. The molecular formula is C18H26N2O4. The highest BCUT2D eigenvalue weighted by atomic mass is 16.5. The number of ether oxygens (including phenoxy) is 2. The van der Waals surface area contributed by atoms with Crippen LogP contribution in [0.3, 0.4) is 0 Å². The largest absolute Gasteiger partial charge is 0.497 e. The summed E-state index contributed by atoms with van der Waals surface area (Å²) in [6.45, 7) is 3.28. The van der Waals surface area contributed by atoms with Crippen molar-refractivity contribution < 1.29 is 19.1 Å². The minimum absolute atomic E-state index is 0.0168. The molecule has 1 aliphatic rings. The maximum absolute atomic E-state index is 12.3. The highest BCUT2D eigenvalue weighted by molar-refractivity contribution is 5.77. The Bertz CT molecular complexity index is 576. The van der Waals surface area contributed by atoms with Gasteiger partial charge in [0.1, 0.15) is 5.75 Å². The van der Waals surface area contributed by atoms with E-state index in [4.69, 9.17) is 9.47 Å². The minimum Gasteiger partial charge on any atom is -0.497 e. The summed E-state index contributed by atoms with van der Waals surface area (Å²) in [6.07, 6.45) is 1.14. The van der Waals surface area contributed by atoms with Gasteiger partial charge in [0.25, 0.3) is 0 Å². The quantitative estimate of drug-likeness (QED) is 0.858. The van der Waals surface area contributed by atoms with E-state index in [0.29, 0.717) is 26.1 Å². The third-order valence-electron chi connectivity index (χ3n) is 4.48. The van der Waals surface area contributed by atoms with E-state index in [1.807, 2.05) is 24.3 Å². The average Bonchev–Trinajstić information content (AvgIpc) is 2.60. The molecule has 1 N–H and O–H groups in total. The number of hydrogen-bond donors (Lipinski definition) is 1. The topological polar surface area (TPSA) is 67.9 Å². The minimum atomic E-state index is -0.0322. The molecule has 1 aromatic carbocycles. The van der Waals surface area contributed by atoms with Crippen LogP contribution in [0.2, 0.25) is 0 Å². The van der Waals surface area contributed by atoms with Gasteiger partial charge < -0.3 is 19.7 Å². The molecule has 1 aromatic rings. The van der Waals surface area contributed by atoms with Crippen LogP contribution in [0, 0.1) is 5.92 Å². The summed E-state index contributed by atoms with van der Waals surface area (Å²) < 4.78 is 10.7. The molecule has 2 atom stereocenters. The van der Waals surface area contributed by atoms with Gasteiger partial charge in [0.05, 0.1) is 13.2 Å². The molecule has 0 radical (unpaired) electrons. The molecule has 1 saturated heterocycles. The summed E-state index contributed by atoms with van der Waals surface area (Å²) >= 11 is 0. The standard InChI is InChI=1S/C18H26N2O4/c1-13(21)20-8-7-17(24-3)15(12-20)10-18(22)19-11-14-5-4-6-16(9-14)23-2/h4-6,9,15,17H,7-8,10-12H2,1-3H3,(H,19,22)/t15-,17-/m1/s1. The maximum atomic E-state index is 12.3. The summed E-state index contributed by atoms with van der Waals surface area (Å²) in [6, 6.07) is 7.61. The monoisotopic (exact) mass is 334 g/mol. The van der Waals surface area contributed by atoms with Crippen molar-refractivity contribution in [1.82, 2.24) is 10.2 Å². The van der Waals surface area contributed by atoms with Gasteiger partial charge in [0.15, 0.2) is 0 Å². The van der Waals surface area contributed by atoms with E-state index >= 15 is 0 Å². The van der Waals surface area contributed by atoms with Crippen LogP contribution in [0.5, 0.6) is 5.75 Å². The number of amides is 2. The molecule has 2 rings (SSSR count). The fraction of sp³-hybridized carbons (Fsp3) is 0.556. The molecule has 2 amide bonds. The van der Waals surface area contributed by atoms with Gasteiger partial charge in [-0.15, -0.1) is 0 Å². The molecule has 0 saturated carbocycles. The van der Waals surface area contributed by atoms with Gasteiger partial charge in [0.2, 0.25) is 11.8 Å². The lowest BCUT2D eigenvalue weighted by molar-refractivity contribution is -0.135. The van der Waals surface area contributed by atoms with Gasteiger partial charge in [-0.25, -0.2) is 0 Å². The number of nitrogens with zero attached hydrogens (tertiary/aromatic N) is 1. The van der Waals surface area contributed by atoms with Crippen LogP contribution in [-0.2, 0) is 20.9 Å². The number of likely N-dealkylation sites (tertiary alicyclic amines) is 1. The van der Waals surface area contributed by atoms with Crippen LogP contribution in [0.4, 0.5) is 0 Å². The second kappa shape index (κ2) is 8.68. The first-order valence-electron chi connectivity index (χ1n) is 8.21. The Balaban J connectivity index is 1.88. The number of rotatable bonds is 6. The highest BCUT2D eigenvalue weighted by Crippen LogP contribution is 2.23. The van der Waals surface area contributed by atoms with Crippen molar-refractivity contribution in [2.24, 2.45) is 5.92 Å². The zero-order chi connectivity index (χ0) is 17.5. The molecule has 0 aromatic heterocycles. The molecule has 1 heterocycles. The van der Waals surface area contributed by atoms with Gasteiger partial charge in [0, 0.05) is 46.0 Å². The lowest BCUT2D eigenvalue weighted by Gasteiger charge is -2.37. The smallest absolute Gasteiger partial charge is 0.220 e. The van der Waals surface area contributed by atoms with Gasteiger partial charge in [-0.2, -0.15) is 0 Å². The maximum Gasteiger partial charge on any atom is 0.220 e. The van der Waals surface area contributed by atoms with Crippen LogP contribution in [0.1, 0.15) is 25.3 Å². The number of piperidine rings is 1. The molecule has 0 bridgehead atoms. The van der Waals surface area contributed by atoms with Crippen LogP contribution in [0.15, 0.2) is 24.3 Å². The van der Waals surface area contributed by atoms with Gasteiger partial charge in [-0.05, 0) is 24.1 Å². The van der Waals surface area contributed by atoms with Crippen LogP contribution < -0.4 is 10.1 Å². The zero-order valence-corrected chi connectivity index (χ0v) is 14.6. The predicted octanol–water partition coefficient (Wildman–Crippen LogP) is 1.58. The number of carbonyl (C=O) groups is 2. The van der Waals surface area contributed by atoms with Crippen LogP contribution >= 0.6 is 0 Å². The molecule has 6 nitrogen and oxygen atoms in total. The Labute approximate surface area is 143 Å². The molecular weight excluding hydrogens is 308 g/mol. The van der Waals surface area contributed by atoms with Gasteiger partial charge >= 0.3 is 0 Å². The first kappa shape index (κ1) is 18.3. The SMILES string of the molecule is COc1cccc(CNC(=O)C[C@@H]2CN(C(C)=O)CC[C@H]2OC)c1. The Morgan fingerprint density at radius 3 is 2.79 bits per heavy atom. The fourth-order valence-electron chi connectivity index (χ4n) is 3.10. The first-order chi connectivity index (χ1) is 11.5. The first-order valence-corrected chi connectivity index (χ1v) is 8.21. The van der Waals surface area contributed by atoms with E-state index in [9.17, 15) is 9.59 Å². The zero-order valence-electron chi connectivity index (χ0n) is 14.6. The number of nitrogens with one attached hydrogen (secondary N) is 1. The van der Waals surface area contributed by atoms with Gasteiger partial charge in [-0.3, -0.25) is 9.59 Å². The van der Waals surface area contributed by atoms with Crippen molar-refractivity contribution in [1.29, 1.82) is 0 Å². The molecule has 6 heteroatoms. The molecule has 1 fully saturated rings.